The van der Waals surface area contributed by atoms with Gasteiger partial charge in [0.25, 0.3) is 0 Å². The first-order chi connectivity index (χ1) is 9.10. The molecular weight excluding hydrogens is 272 g/mol. The molecule has 19 heavy (non-hydrogen) atoms. The van der Waals surface area contributed by atoms with E-state index in [0.29, 0.717) is 26.2 Å². The van der Waals surface area contributed by atoms with E-state index >= 15 is 0 Å². The normalized spacial score (nSPS) is 24.0. The van der Waals surface area contributed by atoms with Crippen molar-refractivity contribution < 1.29 is 23.5 Å². The zero-order valence-corrected chi connectivity index (χ0v) is 13.1. The number of rotatable bonds is 6. The minimum absolute atomic E-state index is 0.176. The highest BCUT2D eigenvalue weighted by molar-refractivity contribution is 7.75. The van der Waals surface area contributed by atoms with E-state index in [4.69, 9.17) is 30.8 Å². The van der Waals surface area contributed by atoms with E-state index in [1.54, 1.807) is 7.11 Å². The van der Waals surface area contributed by atoms with Crippen LogP contribution in [0.25, 0.3) is 0 Å². The van der Waals surface area contributed by atoms with Gasteiger partial charge in [0, 0.05) is 20.6 Å². The summed E-state index contributed by atoms with van der Waals surface area (Å²) in [6.45, 7) is 5.28. The second-order valence-corrected chi connectivity index (χ2v) is 3.74. The molecule has 1 heterocycles. The summed E-state index contributed by atoms with van der Waals surface area (Å²) in [4.78, 5) is 0. The van der Waals surface area contributed by atoms with Gasteiger partial charge in [-0.1, -0.05) is 13.8 Å². The average molecular weight is 300 g/mol. The Hall–Kier alpha value is 0.0700. The molecule has 1 saturated heterocycles. The van der Waals surface area contributed by atoms with Crippen LogP contribution in [0.5, 0.6) is 0 Å². The predicted octanol–water partition coefficient (Wildman–Crippen LogP) is -0.126. The molecule has 0 aromatic heterocycles. The van der Waals surface area contributed by atoms with Crippen LogP contribution in [0.4, 0.5) is 0 Å². The van der Waals surface area contributed by atoms with Crippen molar-refractivity contribution in [1.82, 2.24) is 0 Å². The lowest BCUT2D eigenvalue weighted by molar-refractivity contribution is -0.105. The predicted molar refractivity (Wildman–Crippen MR) is 76.6 cm³/mol. The molecular formula is C11H28N2O5S. The van der Waals surface area contributed by atoms with Gasteiger partial charge in [-0.25, -0.2) is 0 Å². The monoisotopic (exact) mass is 300 g/mol. The largest absolute Gasteiger partial charge is 0.400 e. The van der Waals surface area contributed by atoms with Gasteiger partial charge in [0.05, 0.1) is 25.9 Å². The Labute approximate surface area is 121 Å². The van der Waals surface area contributed by atoms with Gasteiger partial charge in [-0.15, -0.1) is 0 Å². The van der Waals surface area contributed by atoms with Gasteiger partial charge in [-0.05, 0) is 12.9 Å². The van der Waals surface area contributed by atoms with E-state index in [1.165, 1.54) is 0 Å². The summed E-state index contributed by atoms with van der Waals surface area (Å²) in [6, 6.07) is 0. The first kappa shape index (κ1) is 21.4. The Morgan fingerprint density at radius 1 is 1.32 bits per heavy atom. The lowest BCUT2D eigenvalue weighted by Gasteiger charge is -2.25. The molecule has 0 aliphatic carbocycles. The number of thiol groups is 1. The highest BCUT2D eigenvalue weighted by atomic mass is 32.1. The maximum Gasteiger partial charge on any atom is 0.197 e. The Morgan fingerprint density at radius 3 is 2.37 bits per heavy atom. The smallest absolute Gasteiger partial charge is 0.197 e. The van der Waals surface area contributed by atoms with Crippen LogP contribution in [0.3, 0.4) is 0 Å². The minimum atomic E-state index is -1.26. The summed E-state index contributed by atoms with van der Waals surface area (Å²) in [6.07, 6.45) is 0.0725. The molecule has 1 rings (SSSR count). The van der Waals surface area contributed by atoms with Crippen molar-refractivity contribution in [2.45, 2.75) is 38.3 Å². The zero-order chi connectivity index (χ0) is 15.3. The van der Waals surface area contributed by atoms with Crippen LogP contribution in [0.2, 0.25) is 0 Å². The number of aliphatic hydroxyl groups excluding tert-OH is 1. The Balaban J connectivity index is 0. The van der Waals surface area contributed by atoms with E-state index in [2.05, 4.69) is 17.1 Å². The van der Waals surface area contributed by atoms with Gasteiger partial charge in [0.15, 0.2) is 5.85 Å². The van der Waals surface area contributed by atoms with Crippen molar-refractivity contribution in [3.05, 3.63) is 0 Å². The summed E-state index contributed by atoms with van der Waals surface area (Å²) in [5, 5.41) is 7.00. The summed E-state index contributed by atoms with van der Waals surface area (Å²) in [5.74, 6) is -1.26. The van der Waals surface area contributed by atoms with Gasteiger partial charge in [0.2, 0.25) is 0 Å². The summed E-state index contributed by atoms with van der Waals surface area (Å²) in [7, 11) is 2.60. The summed E-state index contributed by atoms with van der Waals surface area (Å²) >= 11 is 3.65. The SMILES string of the molecule is CC.CO.COCCOC1CC(COS)OC1(N)N. The van der Waals surface area contributed by atoms with Gasteiger partial charge < -0.3 is 23.5 Å². The molecule has 8 heteroatoms. The maximum absolute atomic E-state index is 7.00. The fourth-order valence-electron chi connectivity index (χ4n) is 1.49. The van der Waals surface area contributed by atoms with Crippen LogP contribution < -0.4 is 11.5 Å². The third kappa shape index (κ3) is 8.77. The van der Waals surface area contributed by atoms with Gasteiger partial charge in [0.1, 0.15) is 6.10 Å². The molecule has 0 aromatic carbocycles. The molecule has 0 radical (unpaired) electrons. The van der Waals surface area contributed by atoms with E-state index in [9.17, 15) is 0 Å². The molecule has 1 fully saturated rings. The van der Waals surface area contributed by atoms with Gasteiger partial charge in [-0.3, -0.25) is 11.5 Å². The second kappa shape index (κ2) is 13.1. The molecule has 118 valence electrons. The summed E-state index contributed by atoms with van der Waals surface area (Å²) < 4.78 is 20.3. The molecule has 2 atom stereocenters. The number of aliphatic hydroxyl groups is 1. The highest BCUT2D eigenvalue weighted by Crippen LogP contribution is 2.25. The van der Waals surface area contributed by atoms with E-state index < -0.39 is 5.85 Å². The van der Waals surface area contributed by atoms with Crippen molar-refractivity contribution >= 4 is 12.9 Å². The van der Waals surface area contributed by atoms with Crippen molar-refractivity contribution in [3.63, 3.8) is 0 Å². The lowest BCUT2D eigenvalue weighted by atomic mass is 10.1. The average Bonchev–Trinajstić information content (AvgIpc) is 2.70. The van der Waals surface area contributed by atoms with Crippen molar-refractivity contribution in [2.24, 2.45) is 11.5 Å². The lowest BCUT2D eigenvalue weighted by Crippen LogP contribution is -2.58. The zero-order valence-electron chi connectivity index (χ0n) is 12.2. The molecule has 0 spiro atoms. The molecule has 0 bridgehead atoms. The first-order valence-corrected chi connectivity index (χ1v) is 6.54. The summed E-state index contributed by atoms with van der Waals surface area (Å²) in [5.41, 5.74) is 11.5. The number of hydrogen-bond acceptors (Lipinski definition) is 8. The third-order valence-electron chi connectivity index (χ3n) is 2.22. The van der Waals surface area contributed by atoms with E-state index in [1.807, 2.05) is 13.8 Å². The standard InChI is InChI=1S/C8H18N2O4S.C2H6.CH4O/c1-11-2-3-12-7-4-6(5-13-15)14-8(7,9)10;2*1-2/h6-7,15H,2-5,9-10H2,1H3;1-2H3;2H,1H3. The molecule has 1 aliphatic rings. The van der Waals surface area contributed by atoms with Crippen molar-refractivity contribution in [3.8, 4) is 0 Å². The Bertz CT molecular complexity index is 198. The number of nitrogens with two attached hydrogens (primary N) is 2. The third-order valence-corrected chi connectivity index (χ3v) is 2.37. The van der Waals surface area contributed by atoms with E-state index in [-0.39, 0.29) is 12.2 Å². The fourth-order valence-corrected chi connectivity index (χ4v) is 1.66. The molecule has 1 aliphatic heterocycles. The Kier molecular flexibility index (Phi) is 14.7. The van der Waals surface area contributed by atoms with Crippen LogP contribution in [-0.2, 0) is 18.4 Å². The number of hydrogen-bond donors (Lipinski definition) is 4. The molecule has 0 saturated carbocycles. The number of ether oxygens (including phenoxy) is 3. The molecule has 5 N–H and O–H groups in total. The first-order valence-electron chi connectivity index (χ1n) is 6.17. The van der Waals surface area contributed by atoms with Crippen LogP contribution in [0, 0.1) is 0 Å². The number of methoxy groups -OCH3 is 1. The van der Waals surface area contributed by atoms with Crippen molar-refractivity contribution in [2.75, 3.05) is 34.0 Å². The molecule has 2 unspecified atom stereocenters. The quantitative estimate of drug-likeness (QED) is 0.234. The second-order valence-electron chi connectivity index (χ2n) is 3.48. The minimum Gasteiger partial charge on any atom is -0.400 e. The molecule has 0 amide bonds. The van der Waals surface area contributed by atoms with Gasteiger partial charge in [-0.2, -0.15) is 0 Å². The van der Waals surface area contributed by atoms with E-state index in [0.717, 1.165) is 7.11 Å². The van der Waals surface area contributed by atoms with Crippen LogP contribution in [0.1, 0.15) is 20.3 Å². The van der Waals surface area contributed by atoms with Gasteiger partial charge >= 0.3 is 0 Å². The van der Waals surface area contributed by atoms with Crippen LogP contribution >= 0.6 is 12.9 Å². The van der Waals surface area contributed by atoms with Crippen LogP contribution in [-0.4, -0.2) is 57.2 Å². The molecule has 7 nitrogen and oxygen atoms in total. The maximum atomic E-state index is 7.00. The Morgan fingerprint density at radius 2 is 1.89 bits per heavy atom. The van der Waals surface area contributed by atoms with Crippen LogP contribution in [0.15, 0.2) is 0 Å². The molecule has 0 aromatic rings. The topological polar surface area (TPSA) is 109 Å². The van der Waals surface area contributed by atoms with Crippen molar-refractivity contribution in [1.29, 1.82) is 0 Å². The fraction of sp³-hybridized carbons (Fsp3) is 1.00. The highest BCUT2D eigenvalue weighted by Gasteiger charge is 2.44.